The first-order chi connectivity index (χ1) is 22.0. The molecule has 9 nitrogen and oxygen atoms in total. The number of nitrogens with zero attached hydrogens (tertiary/aromatic N) is 1. The lowest BCUT2D eigenvalue weighted by atomic mass is 9.89. The maximum absolute atomic E-state index is 14.8. The van der Waals surface area contributed by atoms with Gasteiger partial charge in [0.1, 0.15) is 29.3 Å². The van der Waals surface area contributed by atoms with E-state index in [0.717, 1.165) is 16.7 Å². The largest absolute Gasteiger partial charge is 0.458 e. The average molecular weight is 666 g/mol. The molecule has 0 aromatic heterocycles. The number of amides is 3. The van der Waals surface area contributed by atoms with Gasteiger partial charge in [-0.2, -0.15) is 0 Å². The van der Waals surface area contributed by atoms with Crippen LogP contribution < -0.4 is 10.6 Å². The molecule has 3 atom stereocenters. The summed E-state index contributed by atoms with van der Waals surface area (Å²) in [5.74, 6) is -1.48. The summed E-state index contributed by atoms with van der Waals surface area (Å²) < 4.78 is 11.3. The molecule has 0 bridgehead atoms. The van der Waals surface area contributed by atoms with E-state index in [9.17, 15) is 19.2 Å². The van der Waals surface area contributed by atoms with Gasteiger partial charge in [-0.25, -0.2) is 9.59 Å². The third kappa shape index (κ3) is 12.3. The second kappa shape index (κ2) is 16.5. The molecular weight excluding hydrogens is 606 g/mol. The summed E-state index contributed by atoms with van der Waals surface area (Å²) in [7, 11) is 0. The zero-order valence-corrected chi connectivity index (χ0v) is 31.4. The van der Waals surface area contributed by atoms with Crippen LogP contribution in [0.15, 0.2) is 48.5 Å². The third-order valence-corrected chi connectivity index (χ3v) is 8.09. The van der Waals surface area contributed by atoms with E-state index in [-0.39, 0.29) is 12.3 Å². The lowest BCUT2D eigenvalue weighted by molar-refractivity contribution is -0.159. The van der Waals surface area contributed by atoms with Crippen LogP contribution in [0, 0.1) is 19.8 Å². The fraction of sp³-hybridized carbons (Fsp3) is 0.590. The van der Waals surface area contributed by atoms with Crippen molar-refractivity contribution in [1.29, 1.82) is 0 Å². The molecule has 0 saturated carbocycles. The van der Waals surface area contributed by atoms with Crippen LogP contribution in [0.5, 0.6) is 0 Å². The Bertz CT molecular complexity index is 1410. The Labute approximate surface area is 288 Å². The van der Waals surface area contributed by atoms with Crippen molar-refractivity contribution in [2.24, 2.45) is 5.92 Å². The summed E-state index contributed by atoms with van der Waals surface area (Å²) in [6, 6.07) is 11.9. The van der Waals surface area contributed by atoms with Crippen molar-refractivity contribution < 1.29 is 28.7 Å². The SMILES string of the molecule is CCC(C)(C)N(C(=O)C(CC(C)C)NC(=O)OC(C)(C)C)C(C(=O)NC(Cc1ccccc1)C(=O)OC(C)(C)C)c1ccc(C)c(C)c1. The van der Waals surface area contributed by atoms with Crippen LogP contribution in [0.3, 0.4) is 0 Å². The second-order valence-corrected chi connectivity index (χ2v) is 15.7. The smallest absolute Gasteiger partial charge is 0.408 e. The summed E-state index contributed by atoms with van der Waals surface area (Å²) in [6.07, 6.45) is 0.316. The quantitative estimate of drug-likeness (QED) is 0.216. The highest BCUT2D eigenvalue weighted by atomic mass is 16.6. The Morgan fingerprint density at radius 1 is 0.771 bits per heavy atom. The van der Waals surface area contributed by atoms with Crippen LogP contribution in [0.1, 0.15) is 117 Å². The first kappa shape index (κ1) is 40.3. The zero-order chi connectivity index (χ0) is 36.6. The monoisotopic (exact) mass is 665 g/mol. The fourth-order valence-electron chi connectivity index (χ4n) is 5.28. The van der Waals surface area contributed by atoms with Gasteiger partial charge in [-0.15, -0.1) is 0 Å². The number of carbonyl (C=O) groups is 4. The first-order valence-corrected chi connectivity index (χ1v) is 17.0. The molecule has 9 heteroatoms. The summed E-state index contributed by atoms with van der Waals surface area (Å²) in [6.45, 7) is 24.2. The van der Waals surface area contributed by atoms with Crippen LogP contribution in [-0.4, -0.2) is 57.6 Å². The van der Waals surface area contributed by atoms with E-state index >= 15 is 0 Å². The fourth-order valence-corrected chi connectivity index (χ4v) is 5.28. The van der Waals surface area contributed by atoms with Gasteiger partial charge in [-0.05, 0) is 110 Å². The molecule has 3 unspecified atom stereocenters. The number of hydrogen-bond acceptors (Lipinski definition) is 6. The van der Waals surface area contributed by atoms with Crippen molar-refractivity contribution >= 4 is 23.9 Å². The maximum Gasteiger partial charge on any atom is 0.408 e. The molecule has 0 aliphatic carbocycles. The molecule has 0 aliphatic rings. The van der Waals surface area contributed by atoms with Crippen molar-refractivity contribution in [3.8, 4) is 0 Å². The minimum Gasteiger partial charge on any atom is -0.458 e. The second-order valence-electron chi connectivity index (χ2n) is 15.7. The number of nitrogens with one attached hydrogen (secondary N) is 2. The van der Waals surface area contributed by atoms with Crippen LogP contribution in [0.25, 0.3) is 0 Å². The van der Waals surface area contributed by atoms with E-state index in [2.05, 4.69) is 10.6 Å². The molecule has 48 heavy (non-hydrogen) atoms. The van der Waals surface area contributed by atoms with Crippen molar-refractivity contribution in [2.45, 2.75) is 144 Å². The molecule has 0 fully saturated rings. The number of alkyl carbamates (subject to hydrolysis) is 1. The molecule has 2 aromatic rings. The topological polar surface area (TPSA) is 114 Å². The van der Waals surface area contributed by atoms with E-state index < -0.39 is 58.7 Å². The molecule has 266 valence electrons. The Morgan fingerprint density at radius 3 is 1.85 bits per heavy atom. The standard InChI is InChI=1S/C39H59N3O6/c1-14-39(12,13)42(34(44)30(22-25(2)3)41-36(46)48-38(9,10)11)32(29-21-20-26(4)27(5)23-29)33(43)40-31(35(45)47-37(6,7)8)24-28-18-16-15-17-19-28/h15-21,23,25,30-32H,14,22,24H2,1-13H3,(H,40,43)(H,41,46). The third-order valence-electron chi connectivity index (χ3n) is 8.09. The molecule has 2 rings (SSSR count). The lowest BCUT2D eigenvalue weighted by Gasteiger charge is -2.45. The maximum atomic E-state index is 14.8. The van der Waals surface area contributed by atoms with Gasteiger partial charge < -0.3 is 25.0 Å². The Hall–Kier alpha value is -3.88. The lowest BCUT2D eigenvalue weighted by Crippen LogP contribution is -2.60. The molecule has 0 saturated heterocycles. The minimum absolute atomic E-state index is 0.0387. The minimum atomic E-state index is -1.14. The Kier molecular flexibility index (Phi) is 13.8. The van der Waals surface area contributed by atoms with Crippen molar-refractivity contribution in [3.63, 3.8) is 0 Å². The van der Waals surface area contributed by atoms with Crippen molar-refractivity contribution in [3.05, 3.63) is 70.8 Å². The van der Waals surface area contributed by atoms with Crippen molar-refractivity contribution in [1.82, 2.24) is 15.5 Å². The van der Waals surface area contributed by atoms with Crippen molar-refractivity contribution in [2.75, 3.05) is 0 Å². The number of ether oxygens (including phenoxy) is 2. The predicted molar refractivity (Wildman–Crippen MR) is 190 cm³/mol. The van der Waals surface area contributed by atoms with Crippen LogP contribution in [0.2, 0.25) is 0 Å². The van der Waals surface area contributed by atoms with Gasteiger partial charge >= 0.3 is 12.1 Å². The molecule has 0 radical (unpaired) electrons. The molecule has 2 N–H and O–H groups in total. The van der Waals surface area contributed by atoms with Crippen LogP contribution in [0.4, 0.5) is 4.79 Å². The number of aryl methyl sites for hydroxylation is 2. The highest BCUT2D eigenvalue weighted by Gasteiger charge is 2.44. The van der Waals surface area contributed by atoms with Gasteiger partial charge in [0, 0.05) is 12.0 Å². The highest BCUT2D eigenvalue weighted by Crippen LogP contribution is 2.34. The molecule has 0 spiro atoms. The number of hydrogen-bond donors (Lipinski definition) is 2. The molecule has 2 aromatic carbocycles. The predicted octanol–water partition coefficient (Wildman–Crippen LogP) is 7.37. The molecular formula is C39H59N3O6. The van der Waals surface area contributed by atoms with E-state index in [4.69, 9.17) is 9.47 Å². The molecule has 0 heterocycles. The summed E-state index contributed by atoms with van der Waals surface area (Å²) in [5, 5.41) is 5.79. The number of carbonyl (C=O) groups excluding carboxylic acids is 4. The zero-order valence-electron chi connectivity index (χ0n) is 31.4. The highest BCUT2D eigenvalue weighted by molar-refractivity contribution is 5.94. The van der Waals surface area contributed by atoms with E-state index in [1.54, 1.807) is 46.4 Å². The van der Waals surface area contributed by atoms with Gasteiger partial charge in [0.2, 0.25) is 11.8 Å². The Morgan fingerprint density at radius 2 is 1.35 bits per heavy atom. The van der Waals surface area contributed by atoms with E-state index in [0.29, 0.717) is 18.4 Å². The first-order valence-electron chi connectivity index (χ1n) is 17.0. The molecule has 3 amide bonds. The van der Waals surface area contributed by atoms with Gasteiger partial charge in [0.25, 0.3) is 0 Å². The average Bonchev–Trinajstić information content (AvgIpc) is 2.94. The van der Waals surface area contributed by atoms with Gasteiger partial charge in [-0.1, -0.05) is 69.3 Å². The Balaban J connectivity index is 2.74. The summed E-state index contributed by atoms with van der Waals surface area (Å²) >= 11 is 0. The normalized spacial score (nSPS) is 14.0. The van der Waals surface area contributed by atoms with E-state index in [1.165, 1.54) is 0 Å². The van der Waals surface area contributed by atoms with Gasteiger partial charge in [0.15, 0.2) is 0 Å². The van der Waals surface area contributed by atoms with Crippen LogP contribution >= 0.6 is 0 Å². The van der Waals surface area contributed by atoms with Gasteiger partial charge in [-0.3, -0.25) is 9.59 Å². The molecule has 0 aliphatic heterocycles. The number of rotatable bonds is 13. The van der Waals surface area contributed by atoms with Gasteiger partial charge in [0.05, 0.1) is 0 Å². The van der Waals surface area contributed by atoms with Crippen LogP contribution in [-0.2, 0) is 30.3 Å². The summed E-state index contributed by atoms with van der Waals surface area (Å²) in [5.41, 5.74) is 1.02. The number of benzene rings is 2. The summed E-state index contributed by atoms with van der Waals surface area (Å²) in [4.78, 5) is 57.8. The van der Waals surface area contributed by atoms with E-state index in [1.807, 2.05) is 97.0 Å². The number of esters is 1.